The largest absolute Gasteiger partial charge is 0.391 e. The zero-order valence-electron chi connectivity index (χ0n) is 19.0. The highest BCUT2D eigenvalue weighted by Gasteiger charge is 2.29. The molecule has 33 heavy (non-hydrogen) atoms. The maximum Gasteiger partial charge on any atom is 0.235 e. The summed E-state index contributed by atoms with van der Waals surface area (Å²) in [5, 5.41) is 18.9. The van der Waals surface area contributed by atoms with Crippen LogP contribution in [0.2, 0.25) is 0 Å². The Bertz CT molecular complexity index is 1160. The van der Waals surface area contributed by atoms with Crippen molar-refractivity contribution in [1.82, 2.24) is 19.9 Å². The first-order valence-electron chi connectivity index (χ1n) is 11.2. The van der Waals surface area contributed by atoms with E-state index in [1.54, 1.807) is 19.9 Å². The van der Waals surface area contributed by atoms with Crippen LogP contribution >= 0.6 is 0 Å². The number of likely N-dealkylation sites (tertiary alicyclic amines) is 1. The van der Waals surface area contributed by atoms with Crippen LogP contribution in [0.1, 0.15) is 43.0 Å². The predicted octanol–water partition coefficient (Wildman–Crippen LogP) is 2.83. The van der Waals surface area contributed by atoms with Gasteiger partial charge in [-0.3, -0.25) is 9.62 Å². The fourth-order valence-corrected chi connectivity index (χ4v) is 4.82. The second-order valence-corrected chi connectivity index (χ2v) is 11.1. The Balaban J connectivity index is 1.35. The Morgan fingerprint density at radius 3 is 2.64 bits per heavy atom. The molecule has 8 nitrogen and oxygen atoms in total. The standard InChI is InChI=1S/C24H31N5O3S/c1-18(2)33(31,32)26-21-10-6-9-20(13-21)23-11-12-28(17-24(23)30)15-22-16-29(27-25-22)14-19-7-4-3-5-8-19/h3-10,13,16,18,23-24,26,30H,11-12,14-15,17H2,1-2H3/t23-,24-/m0/s1. The number of nitrogens with one attached hydrogen (secondary N) is 1. The van der Waals surface area contributed by atoms with Crippen molar-refractivity contribution in [3.8, 4) is 0 Å². The molecular formula is C24H31N5O3S. The lowest BCUT2D eigenvalue weighted by Gasteiger charge is -2.36. The second kappa shape index (κ2) is 10.0. The van der Waals surface area contributed by atoms with Crippen LogP contribution in [0.5, 0.6) is 0 Å². The average Bonchev–Trinajstić information content (AvgIpc) is 3.21. The van der Waals surface area contributed by atoms with E-state index in [1.807, 2.05) is 47.3 Å². The highest BCUT2D eigenvalue weighted by atomic mass is 32.2. The molecule has 0 bridgehead atoms. The third kappa shape index (κ3) is 5.98. The van der Waals surface area contributed by atoms with Crippen molar-refractivity contribution in [2.24, 2.45) is 0 Å². The van der Waals surface area contributed by atoms with Gasteiger partial charge in [-0.05, 0) is 50.1 Å². The molecule has 176 valence electrons. The maximum atomic E-state index is 12.2. The highest BCUT2D eigenvalue weighted by Crippen LogP contribution is 2.30. The maximum absolute atomic E-state index is 12.2. The van der Waals surface area contributed by atoms with E-state index in [0.29, 0.717) is 25.3 Å². The number of piperidine rings is 1. The summed E-state index contributed by atoms with van der Waals surface area (Å²) in [5.41, 5.74) is 3.52. The van der Waals surface area contributed by atoms with E-state index < -0.39 is 21.4 Å². The van der Waals surface area contributed by atoms with Crippen LogP contribution in [0.4, 0.5) is 5.69 Å². The van der Waals surface area contributed by atoms with E-state index >= 15 is 0 Å². The molecule has 2 heterocycles. The van der Waals surface area contributed by atoms with E-state index in [0.717, 1.165) is 24.2 Å². The number of rotatable bonds is 8. The van der Waals surface area contributed by atoms with Gasteiger partial charge in [0.2, 0.25) is 10.0 Å². The molecule has 9 heteroatoms. The van der Waals surface area contributed by atoms with E-state index in [2.05, 4.69) is 32.1 Å². The van der Waals surface area contributed by atoms with Gasteiger partial charge in [-0.2, -0.15) is 0 Å². The Hall–Kier alpha value is -2.75. The molecule has 0 unspecified atom stereocenters. The zero-order chi connectivity index (χ0) is 23.4. The van der Waals surface area contributed by atoms with E-state index in [9.17, 15) is 13.5 Å². The number of aromatic nitrogens is 3. The smallest absolute Gasteiger partial charge is 0.235 e. The number of nitrogens with zero attached hydrogens (tertiary/aromatic N) is 4. The Morgan fingerprint density at radius 2 is 1.91 bits per heavy atom. The minimum atomic E-state index is -3.41. The monoisotopic (exact) mass is 469 g/mol. The third-order valence-electron chi connectivity index (χ3n) is 6.02. The number of β-amino-alcohol motifs (C(OH)–C–C–N with tert-alkyl or cyclic N) is 1. The van der Waals surface area contributed by atoms with Gasteiger partial charge in [0, 0.05) is 24.7 Å². The van der Waals surface area contributed by atoms with E-state index in [4.69, 9.17) is 0 Å². The van der Waals surface area contributed by atoms with E-state index in [-0.39, 0.29) is 5.92 Å². The van der Waals surface area contributed by atoms with Gasteiger partial charge >= 0.3 is 0 Å². The fourth-order valence-electron chi connectivity index (χ4n) is 4.13. The van der Waals surface area contributed by atoms with Gasteiger partial charge in [0.25, 0.3) is 0 Å². The zero-order valence-corrected chi connectivity index (χ0v) is 19.8. The molecule has 2 N–H and O–H groups in total. The summed E-state index contributed by atoms with van der Waals surface area (Å²) in [6, 6.07) is 17.5. The lowest BCUT2D eigenvalue weighted by molar-refractivity contribution is 0.0471. The number of sulfonamides is 1. The molecule has 1 fully saturated rings. The normalized spacial score (nSPS) is 19.6. The van der Waals surface area contributed by atoms with Gasteiger partial charge < -0.3 is 5.11 Å². The van der Waals surface area contributed by atoms with Gasteiger partial charge in [0.15, 0.2) is 0 Å². The molecule has 4 rings (SSSR count). The average molecular weight is 470 g/mol. The molecule has 0 spiro atoms. The number of hydrogen-bond donors (Lipinski definition) is 2. The van der Waals surface area contributed by atoms with Crippen molar-refractivity contribution in [2.45, 2.75) is 50.6 Å². The fraction of sp³-hybridized carbons (Fsp3) is 0.417. The second-order valence-electron chi connectivity index (χ2n) is 8.91. The molecule has 2 aromatic carbocycles. The Kier molecular flexibility index (Phi) is 7.11. The quantitative estimate of drug-likeness (QED) is 0.526. The van der Waals surface area contributed by atoms with Crippen molar-refractivity contribution in [3.05, 3.63) is 77.6 Å². The van der Waals surface area contributed by atoms with E-state index in [1.165, 1.54) is 5.56 Å². The molecule has 1 aliphatic heterocycles. The van der Waals surface area contributed by atoms with Gasteiger partial charge in [0.05, 0.1) is 29.8 Å². The molecule has 0 aliphatic carbocycles. The van der Waals surface area contributed by atoms with Gasteiger partial charge in [0.1, 0.15) is 0 Å². The van der Waals surface area contributed by atoms with Crippen LogP contribution in [0.3, 0.4) is 0 Å². The molecule has 0 radical (unpaired) electrons. The van der Waals surface area contributed by atoms with Crippen molar-refractivity contribution in [2.75, 3.05) is 17.8 Å². The van der Waals surface area contributed by atoms with Crippen molar-refractivity contribution >= 4 is 15.7 Å². The minimum absolute atomic E-state index is 0.0430. The number of aliphatic hydroxyl groups excluding tert-OH is 1. The van der Waals surface area contributed by atoms with Crippen LogP contribution in [0.25, 0.3) is 0 Å². The molecule has 1 saturated heterocycles. The predicted molar refractivity (Wildman–Crippen MR) is 128 cm³/mol. The first-order valence-corrected chi connectivity index (χ1v) is 12.8. The Labute approximate surface area is 195 Å². The summed E-state index contributed by atoms with van der Waals surface area (Å²) in [6.07, 6.45) is 2.19. The molecular weight excluding hydrogens is 438 g/mol. The van der Waals surface area contributed by atoms with Crippen LogP contribution in [0, 0.1) is 0 Å². The van der Waals surface area contributed by atoms with Crippen LogP contribution in [-0.2, 0) is 23.1 Å². The van der Waals surface area contributed by atoms with Gasteiger partial charge in [-0.15, -0.1) is 5.10 Å². The molecule has 0 amide bonds. The van der Waals surface area contributed by atoms with Crippen molar-refractivity contribution < 1.29 is 13.5 Å². The van der Waals surface area contributed by atoms with Crippen LogP contribution in [0.15, 0.2) is 60.8 Å². The first-order chi connectivity index (χ1) is 15.8. The Morgan fingerprint density at radius 1 is 1.12 bits per heavy atom. The SMILES string of the molecule is CC(C)S(=O)(=O)Nc1cccc([C@@H]2CCN(Cc3cn(Cc4ccccc4)nn3)C[C@@H]2O)c1. The van der Waals surface area contributed by atoms with Crippen LogP contribution < -0.4 is 4.72 Å². The molecule has 3 aromatic rings. The summed E-state index contributed by atoms with van der Waals surface area (Å²) in [6.45, 7) is 5.94. The summed E-state index contributed by atoms with van der Waals surface area (Å²) >= 11 is 0. The summed E-state index contributed by atoms with van der Waals surface area (Å²) in [7, 11) is -3.41. The van der Waals surface area contributed by atoms with Crippen LogP contribution in [-0.4, -0.2) is 57.9 Å². The lowest BCUT2D eigenvalue weighted by atomic mass is 9.87. The highest BCUT2D eigenvalue weighted by molar-refractivity contribution is 7.93. The van der Waals surface area contributed by atoms with Gasteiger partial charge in [-0.25, -0.2) is 13.1 Å². The third-order valence-corrected chi connectivity index (χ3v) is 7.78. The lowest BCUT2D eigenvalue weighted by Crippen LogP contribution is -2.42. The molecule has 1 aliphatic rings. The summed E-state index contributed by atoms with van der Waals surface area (Å²) in [5.74, 6) is -0.0430. The van der Waals surface area contributed by atoms with Gasteiger partial charge in [-0.1, -0.05) is 47.7 Å². The summed E-state index contributed by atoms with van der Waals surface area (Å²) < 4.78 is 28.9. The molecule has 1 aromatic heterocycles. The first kappa shape index (κ1) is 23.4. The number of benzene rings is 2. The minimum Gasteiger partial charge on any atom is -0.391 e. The number of anilines is 1. The van der Waals surface area contributed by atoms with Crippen molar-refractivity contribution in [3.63, 3.8) is 0 Å². The van der Waals surface area contributed by atoms with Crippen molar-refractivity contribution in [1.29, 1.82) is 0 Å². The molecule has 2 atom stereocenters. The number of aliphatic hydroxyl groups is 1. The molecule has 0 saturated carbocycles. The topological polar surface area (TPSA) is 100 Å². The summed E-state index contributed by atoms with van der Waals surface area (Å²) in [4.78, 5) is 2.18. The number of hydrogen-bond acceptors (Lipinski definition) is 6.